The molecule has 1 aromatic heterocycles. The van der Waals surface area contributed by atoms with E-state index < -0.39 is 19.2 Å². The van der Waals surface area contributed by atoms with Crippen molar-refractivity contribution in [3.63, 3.8) is 0 Å². The Kier molecular flexibility index (Phi) is 6.56. The lowest BCUT2D eigenvalue weighted by Crippen LogP contribution is -2.34. The molecular formula is C21H20N2O5S. The van der Waals surface area contributed by atoms with Gasteiger partial charge in [0.1, 0.15) is 10.8 Å². The number of nitrogens with zero attached hydrogens (tertiary/aromatic N) is 2. The number of hydrogen-bond donors (Lipinski definition) is 0. The zero-order valence-corrected chi connectivity index (χ0v) is 16.8. The van der Waals surface area contributed by atoms with Gasteiger partial charge in [0.15, 0.2) is 19.5 Å². The van der Waals surface area contributed by atoms with Crippen LogP contribution in [0, 0.1) is 0 Å². The van der Waals surface area contributed by atoms with Crippen LogP contribution in [0.1, 0.15) is 28.3 Å². The maximum absolute atomic E-state index is 12.4. The zero-order valence-electron chi connectivity index (χ0n) is 16.0. The highest BCUT2D eigenvalue weighted by Gasteiger charge is 2.22. The van der Waals surface area contributed by atoms with Crippen molar-refractivity contribution in [1.29, 1.82) is 0 Å². The standard InChI is InChI=1S/C21H20N2O5S/c1-14(21-22-16-8-4-6-10-18(16)29-21)23(2)19(25)12-28-20(26)13-27-17-9-5-3-7-15(17)11-24/h3-11,14H,12-13H2,1-2H3/t14-/m1/s1. The summed E-state index contributed by atoms with van der Waals surface area (Å²) in [5.41, 5.74) is 1.22. The normalized spacial score (nSPS) is 11.7. The molecule has 0 aliphatic carbocycles. The van der Waals surface area contributed by atoms with E-state index >= 15 is 0 Å². The molecule has 0 radical (unpaired) electrons. The van der Waals surface area contributed by atoms with Gasteiger partial charge in [-0.2, -0.15) is 0 Å². The van der Waals surface area contributed by atoms with Gasteiger partial charge in [0.05, 0.1) is 21.8 Å². The van der Waals surface area contributed by atoms with Gasteiger partial charge < -0.3 is 14.4 Å². The van der Waals surface area contributed by atoms with Crippen LogP contribution in [-0.2, 0) is 14.3 Å². The molecule has 0 aliphatic heterocycles. The highest BCUT2D eigenvalue weighted by Crippen LogP contribution is 2.28. The summed E-state index contributed by atoms with van der Waals surface area (Å²) in [6, 6.07) is 14.1. The van der Waals surface area contributed by atoms with E-state index in [-0.39, 0.29) is 17.7 Å². The summed E-state index contributed by atoms with van der Waals surface area (Å²) >= 11 is 1.52. The van der Waals surface area contributed by atoms with E-state index in [2.05, 4.69) is 4.98 Å². The first kappa shape index (κ1) is 20.5. The Hall–Kier alpha value is -3.26. The van der Waals surface area contributed by atoms with Crippen molar-refractivity contribution in [1.82, 2.24) is 9.88 Å². The average Bonchev–Trinajstić information content (AvgIpc) is 3.19. The van der Waals surface area contributed by atoms with Crippen LogP contribution in [0.25, 0.3) is 10.2 Å². The summed E-state index contributed by atoms with van der Waals surface area (Å²) in [7, 11) is 1.64. The first-order valence-corrected chi connectivity index (χ1v) is 9.75. The monoisotopic (exact) mass is 412 g/mol. The minimum Gasteiger partial charge on any atom is -0.481 e. The van der Waals surface area contributed by atoms with Crippen LogP contribution in [0.15, 0.2) is 48.5 Å². The first-order chi connectivity index (χ1) is 14.0. The highest BCUT2D eigenvalue weighted by atomic mass is 32.1. The summed E-state index contributed by atoms with van der Waals surface area (Å²) < 4.78 is 11.3. The minimum atomic E-state index is -0.694. The Labute approximate surface area is 171 Å². The third-order valence-corrected chi connectivity index (χ3v) is 5.60. The number of likely N-dealkylation sites (N-methyl/N-ethyl adjacent to an activating group) is 1. The smallest absolute Gasteiger partial charge is 0.344 e. The number of esters is 1. The molecule has 0 aliphatic rings. The fraction of sp³-hybridized carbons (Fsp3) is 0.238. The van der Waals surface area contributed by atoms with Crippen LogP contribution in [0.3, 0.4) is 0 Å². The molecule has 0 saturated heterocycles. The summed E-state index contributed by atoms with van der Waals surface area (Å²) in [5, 5.41) is 0.808. The number of hydrogen-bond acceptors (Lipinski definition) is 7. The van der Waals surface area contributed by atoms with E-state index in [1.807, 2.05) is 31.2 Å². The van der Waals surface area contributed by atoms with Crippen LogP contribution in [0.2, 0.25) is 0 Å². The average molecular weight is 412 g/mol. The number of ether oxygens (including phenoxy) is 2. The van der Waals surface area contributed by atoms with Gasteiger partial charge in [-0.25, -0.2) is 9.78 Å². The highest BCUT2D eigenvalue weighted by molar-refractivity contribution is 7.18. The molecule has 3 aromatic rings. The molecule has 0 N–H and O–H groups in total. The summed E-state index contributed by atoms with van der Waals surface area (Å²) in [6.45, 7) is 1.08. The molecule has 8 heteroatoms. The van der Waals surface area contributed by atoms with Crippen LogP contribution in [0.5, 0.6) is 5.75 Å². The lowest BCUT2D eigenvalue weighted by molar-refractivity contribution is -0.153. The predicted octanol–water partition coefficient (Wildman–Crippen LogP) is 3.25. The van der Waals surface area contributed by atoms with E-state index in [1.54, 1.807) is 31.3 Å². The van der Waals surface area contributed by atoms with Gasteiger partial charge in [0.2, 0.25) is 0 Å². The van der Waals surface area contributed by atoms with Gasteiger partial charge in [-0.05, 0) is 31.2 Å². The van der Waals surface area contributed by atoms with Crippen LogP contribution < -0.4 is 4.74 Å². The van der Waals surface area contributed by atoms with Crippen molar-refractivity contribution < 1.29 is 23.9 Å². The molecular weight excluding hydrogens is 392 g/mol. The van der Waals surface area contributed by atoms with E-state index in [0.717, 1.165) is 15.2 Å². The molecule has 3 rings (SSSR count). The number of para-hydroxylation sites is 2. The molecule has 0 unspecified atom stereocenters. The Bertz CT molecular complexity index is 1000. The Morgan fingerprint density at radius 3 is 2.62 bits per heavy atom. The first-order valence-electron chi connectivity index (χ1n) is 8.93. The fourth-order valence-electron chi connectivity index (χ4n) is 2.58. The predicted molar refractivity (Wildman–Crippen MR) is 109 cm³/mol. The maximum Gasteiger partial charge on any atom is 0.344 e. The lowest BCUT2D eigenvalue weighted by Gasteiger charge is -2.23. The van der Waals surface area contributed by atoms with Crippen molar-refractivity contribution >= 4 is 39.7 Å². The SMILES string of the molecule is C[C@H](c1nc2ccccc2s1)N(C)C(=O)COC(=O)COc1ccccc1C=O. The van der Waals surface area contributed by atoms with Gasteiger partial charge in [0, 0.05) is 7.05 Å². The molecule has 0 bridgehead atoms. The summed E-state index contributed by atoms with van der Waals surface area (Å²) in [4.78, 5) is 41.3. The lowest BCUT2D eigenvalue weighted by atomic mass is 10.2. The van der Waals surface area contributed by atoms with Crippen LogP contribution >= 0.6 is 11.3 Å². The van der Waals surface area contributed by atoms with Crippen LogP contribution in [0.4, 0.5) is 0 Å². The second-order valence-corrected chi connectivity index (χ2v) is 7.37. The van der Waals surface area contributed by atoms with Gasteiger partial charge in [0.25, 0.3) is 5.91 Å². The molecule has 2 aromatic carbocycles. The Morgan fingerprint density at radius 1 is 1.14 bits per heavy atom. The molecule has 29 heavy (non-hydrogen) atoms. The number of benzene rings is 2. The number of amides is 1. The molecule has 1 amide bonds. The Morgan fingerprint density at radius 2 is 1.86 bits per heavy atom. The number of carbonyl (C=O) groups is 3. The fourth-order valence-corrected chi connectivity index (χ4v) is 3.64. The molecule has 0 spiro atoms. The number of rotatable bonds is 8. The summed E-state index contributed by atoms with van der Waals surface area (Å²) in [5.74, 6) is -0.758. The number of carbonyl (C=O) groups excluding carboxylic acids is 3. The second kappa shape index (κ2) is 9.29. The van der Waals surface area contributed by atoms with Gasteiger partial charge in [-0.3, -0.25) is 9.59 Å². The van der Waals surface area contributed by atoms with E-state index in [0.29, 0.717) is 11.8 Å². The molecule has 0 fully saturated rings. The van der Waals surface area contributed by atoms with Crippen molar-refractivity contribution in [2.24, 2.45) is 0 Å². The third kappa shape index (κ3) is 4.97. The topological polar surface area (TPSA) is 85.8 Å². The van der Waals surface area contributed by atoms with Crippen molar-refractivity contribution in [3.8, 4) is 5.75 Å². The third-order valence-electron chi connectivity index (χ3n) is 4.39. The number of aldehydes is 1. The molecule has 7 nitrogen and oxygen atoms in total. The Balaban J connectivity index is 1.51. The molecule has 1 atom stereocenters. The van der Waals surface area contributed by atoms with Gasteiger partial charge in [-0.15, -0.1) is 11.3 Å². The van der Waals surface area contributed by atoms with E-state index in [1.165, 1.54) is 16.2 Å². The van der Waals surface area contributed by atoms with E-state index in [9.17, 15) is 14.4 Å². The minimum absolute atomic E-state index is 0.255. The van der Waals surface area contributed by atoms with Crippen LogP contribution in [-0.4, -0.2) is 48.3 Å². The van der Waals surface area contributed by atoms with Gasteiger partial charge in [-0.1, -0.05) is 24.3 Å². The molecule has 0 saturated carbocycles. The zero-order chi connectivity index (χ0) is 20.8. The van der Waals surface area contributed by atoms with Gasteiger partial charge >= 0.3 is 5.97 Å². The van der Waals surface area contributed by atoms with E-state index in [4.69, 9.17) is 9.47 Å². The van der Waals surface area contributed by atoms with Crippen molar-refractivity contribution in [3.05, 3.63) is 59.1 Å². The number of thiazole rings is 1. The summed E-state index contributed by atoms with van der Waals surface area (Å²) in [6.07, 6.45) is 0.641. The molecule has 1 heterocycles. The maximum atomic E-state index is 12.4. The largest absolute Gasteiger partial charge is 0.481 e. The quantitative estimate of drug-likeness (QED) is 0.417. The van der Waals surface area contributed by atoms with Crippen molar-refractivity contribution in [2.45, 2.75) is 13.0 Å². The van der Waals surface area contributed by atoms with Crippen molar-refractivity contribution in [2.75, 3.05) is 20.3 Å². The molecule has 150 valence electrons. The second-order valence-electron chi connectivity index (χ2n) is 6.31. The number of fused-ring (bicyclic) bond motifs is 1. The number of aromatic nitrogens is 1.